The lowest BCUT2D eigenvalue weighted by Gasteiger charge is -2.16. The number of hydrogen-bond acceptors (Lipinski definition) is 5. The molecule has 0 bridgehead atoms. The summed E-state index contributed by atoms with van der Waals surface area (Å²) in [5, 5.41) is 8.51. The van der Waals surface area contributed by atoms with Crippen LogP contribution in [0.25, 0.3) is 11.0 Å². The van der Waals surface area contributed by atoms with Crippen molar-refractivity contribution in [2.75, 3.05) is 5.32 Å². The summed E-state index contributed by atoms with van der Waals surface area (Å²) in [4.78, 5) is 20.8. The third-order valence-electron chi connectivity index (χ3n) is 4.44. The molecule has 4 rings (SSSR count). The molecule has 0 saturated heterocycles. The lowest BCUT2D eigenvalue weighted by Crippen LogP contribution is -2.19. The van der Waals surface area contributed by atoms with Gasteiger partial charge < -0.3 is 10.3 Å². The number of aromatic nitrogens is 2. The largest absolute Gasteiger partial charge is 0.333 e. The molecule has 0 spiro atoms. The number of halogens is 1. The standard InChI is InChI=1S/C21H17ClN4O3S2/c22-14-6-11-17-18(12-14)26-21(25-17)30-19(13-4-2-1-3-5-13)20(27)24-15-7-9-16(10-8-15)31(23,28)29/h1-12,19H,(H,24,27)(H,25,26)(H2,23,28,29)/t19-/m0/s1. The minimum absolute atomic E-state index is 0.0274. The number of amides is 1. The minimum atomic E-state index is -3.80. The number of imidazole rings is 1. The van der Waals surface area contributed by atoms with Crippen LogP contribution in [0, 0.1) is 0 Å². The smallest absolute Gasteiger partial charge is 0.242 e. The second-order valence-corrected chi connectivity index (χ2v) is 9.76. The van der Waals surface area contributed by atoms with Crippen LogP contribution in [-0.4, -0.2) is 24.3 Å². The molecule has 0 saturated carbocycles. The van der Waals surface area contributed by atoms with E-state index < -0.39 is 15.3 Å². The first kappa shape index (κ1) is 21.4. The number of anilines is 1. The Kier molecular flexibility index (Phi) is 6.01. The summed E-state index contributed by atoms with van der Waals surface area (Å²) in [6, 6.07) is 20.3. The third-order valence-corrected chi connectivity index (χ3v) is 6.75. The summed E-state index contributed by atoms with van der Waals surface area (Å²) in [6.45, 7) is 0. The number of rotatable bonds is 6. The Balaban J connectivity index is 1.60. The number of primary sulfonamides is 1. The molecule has 1 atom stereocenters. The molecule has 158 valence electrons. The third kappa shape index (κ3) is 5.08. The number of nitrogens with one attached hydrogen (secondary N) is 2. The number of fused-ring (bicyclic) bond motifs is 1. The number of carbonyl (C=O) groups is 1. The maximum absolute atomic E-state index is 13.1. The van der Waals surface area contributed by atoms with Crippen LogP contribution >= 0.6 is 23.4 Å². The van der Waals surface area contributed by atoms with Gasteiger partial charge in [-0.2, -0.15) is 0 Å². The molecule has 10 heteroatoms. The minimum Gasteiger partial charge on any atom is -0.333 e. The van der Waals surface area contributed by atoms with Crippen molar-refractivity contribution >= 4 is 56.0 Å². The number of benzene rings is 3. The van der Waals surface area contributed by atoms with Gasteiger partial charge in [0.15, 0.2) is 5.16 Å². The van der Waals surface area contributed by atoms with Gasteiger partial charge in [0.2, 0.25) is 15.9 Å². The lowest BCUT2D eigenvalue weighted by atomic mass is 10.1. The Hall–Kier alpha value is -2.85. The van der Waals surface area contributed by atoms with Gasteiger partial charge in [0, 0.05) is 10.7 Å². The first-order valence-corrected chi connectivity index (χ1v) is 11.9. The Morgan fingerprint density at radius 1 is 1.06 bits per heavy atom. The maximum atomic E-state index is 13.1. The summed E-state index contributed by atoms with van der Waals surface area (Å²) in [5.41, 5.74) is 2.78. The van der Waals surface area contributed by atoms with E-state index in [0.717, 1.165) is 16.6 Å². The van der Waals surface area contributed by atoms with Crippen LogP contribution in [0.1, 0.15) is 10.8 Å². The van der Waals surface area contributed by atoms with Crippen LogP contribution in [0.2, 0.25) is 5.02 Å². The molecule has 31 heavy (non-hydrogen) atoms. The Morgan fingerprint density at radius 2 is 1.77 bits per heavy atom. The molecule has 4 N–H and O–H groups in total. The van der Waals surface area contributed by atoms with Gasteiger partial charge in [-0.1, -0.05) is 53.7 Å². The van der Waals surface area contributed by atoms with Gasteiger partial charge in [-0.3, -0.25) is 4.79 Å². The predicted octanol–water partition coefficient (Wildman–Crippen LogP) is 4.34. The number of carbonyl (C=O) groups excluding carboxylic acids is 1. The molecule has 3 aromatic carbocycles. The fourth-order valence-electron chi connectivity index (χ4n) is 2.96. The summed E-state index contributed by atoms with van der Waals surface area (Å²) >= 11 is 7.32. The highest BCUT2D eigenvalue weighted by Gasteiger charge is 2.24. The van der Waals surface area contributed by atoms with Gasteiger partial charge in [0.25, 0.3) is 0 Å². The molecule has 0 radical (unpaired) electrons. The molecule has 1 amide bonds. The summed E-state index contributed by atoms with van der Waals surface area (Å²) in [7, 11) is -3.80. The van der Waals surface area contributed by atoms with Crippen LogP contribution in [0.5, 0.6) is 0 Å². The number of H-pyrrole nitrogens is 1. The number of aromatic amines is 1. The highest BCUT2D eigenvalue weighted by Crippen LogP contribution is 2.36. The van der Waals surface area contributed by atoms with Gasteiger partial charge in [0.05, 0.1) is 15.9 Å². The highest BCUT2D eigenvalue weighted by atomic mass is 35.5. The average Bonchev–Trinajstić information content (AvgIpc) is 3.14. The molecule has 0 fully saturated rings. The quantitative estimate of drug-likeness (QED) is 0.361. The van der Waals surface area contributed by atoms with Gasteiger partial charge in [-0.25, -0.2) is 18.5 Å². The zero-order chi connectivity index (χ0) is 22.0. The molecule has 1 aromatic heterocycles. The highest BCUT2D eigenvalue weighted by molar-refractivity contribution is 8.00. The summed E-state index contributed by atoms with van der Waals surface area (Å²) < 4.78 is 22.9. The Bertz CT molecular complexity index is 1340. The van der Waals surface area contributed by atoms with E-state index in [1.54, 1.807) is 12.1 Å². The fraction of sp³-hybridized carbons (Fsp3) is 0.0476. The van der Waals surface area contributed by atoms with E-state index in [4.69, 9.17) is 16.7 Å². The van der Waals surface area contributed by atoms with Crippen LogP contribution in [0.4, 0.5) is 5.69 Å². The van der Waals surface area contributed by atoms with E-state index in [1.807, 2.05) is 36.4 Å². The molecule has 0 aliphatic heterocycles. The first-order chi connectivity index (χ1) is 14.8. The zero-order valence-corrected chi connectivity index (χ0v) is 18.3. The van der Waals surface area contributed by atoms with E-state index in [1.165, 1.54) is 36.0 Å². The van der Waals surface area contributed by atoms with E-state index in [-0.39, 0.29) is 10.8 Å². The van der Waals surface area contributed by atoms with Crippen LogP contribution in [0.3, 0.4) is 0 Å². The van der Waals surface area contributed by atoms with Crippen molar-refractivity contribution in [2.45, 2.75) is 15.3 Å². The molecular weight excluding hydrogens is 456 g/mol. The molecule has 0 aliphatic carbocycles. The maximum Gasteiger partial charge on any atom is 0.242 e. The van der Waals surface area contributed by atoms with Crippen molar-refractivity contribution in [3.8, 4) is 0 Å². The predicted molar refractivity (Wildman–Crippen MR) is 123 cm³/mol. The monoisotopic (exact) mass is 472 g/mol. The number of nitrogens with two attached hydrogens (primary N) is 1. The summed E-state index contributed by atoms with van der Waals surface area (Å²) in [5.74, 6) is -0.280. The number of hydrogen-bond donors (Lipinski definition) is 3. The van der Waals surface area contributed by atoms with E-state index in [9.17, 15) is 13.2 Å². The average molecular weight is 473 g/mol. The number of nitrogens with zero attached hydrogens (tertiary/aromatic N) is 1. The lowest BCUT2D eigenvalue weighted by molar-refractivity contribution is -0.115. The van der Waals surface area contributed by atoms with Crippen molar-refractivity contribution < 1.29 is 13.2 Å². The van der Waals surface area contributed by atoms with Crippen LogP contribution in [-0.2, 0) is 14.8 Å². The van der Waals surface area contributed by atoms with E-state index in [0.29, 0.717) is 15.9 Å². The Morgan fingerprint density at radius 3 is 2.45 bits per heavy atom. The second kappa shape index (κ2) is 8.72. The van der Waals surface area contributed by atoms with Crippen LogP contribution in [0.15, 0.2) is 82.8 Å². The topological polar surface area (TPSA) is 118 Å². The zero-order valence-electron chi connectivity index (χ0n) is 15.9. The van der Waals surface area contributed by atoms with E-state index in [2.05, 4.69) is 15.3 Å². The van der Waals surface area contributed by atoms with Crippen molar-refractivity contribution in [3.05, 3.63) is 83.4 Å². The molecule has 7 nitrogen and oxygen atoms in total. The number of sulfonamides is 1. The van der Waals surface area contributed by atoms with Crippen molar-refractivity contribution in [1.29, 1.82) is 0 Å². The normalized spacial score (nSPS) is 12.6. The van der Waals surface area contributed by atoms with Gasteiger partial charge >= 0.3 is 0 Å². The summed E-state index contributed by atoms with van der Waals surface area (Å²) in [6.07, 6.45) is 0. The fourth-order valence-corrected chi connectivity index (χ4v) is 4.65. The molecule has 0 aliphatic rings. The van der Waals surface area contributed by atoms with Crippen molar-refractivity contribution in [3.63, 3.8) is 0 Å². The first-order valence-electron chi connectivity index (χ1n) is 9.10. The van der Waals surface area contributed by atoms with Crippen molar-refractivity contribution in [1.82, 2.24) is 9.97 Å². The van der Waals surface area contributed by atoms with Crippen LogP contribution < -0.4 is 10.5 Å². The van der Waals surface area contributed by atoms with E-state index >= 15 is 0 Å². The second-order valence-electron chi connectivity index (χ2n) is 6.67. The van der Waals surface area contributed by atoms with Gasteiger partial charge in [-0.15, -0.1) is 0 Å². The molecule has 0 unspecified atom stereocenters. The van der Waals surface area contributed by atoms with Crippen molar-refractivity contribution in [2.24, 2.45) is 5.14 Å². The SMILES string of the molecule is NS(=O)(=O)c1ccc(NC(=O)[C@@H](Sc2nc3ccc(Cl)cc3[nH]2)c2ccccc2)cc1. The van der Waals surface area contributed by atoms with Gasteiger partial charge in [0.1, 0.15) is 5.25 Å². The molecule has 4 aromatic rings. The number of thioether (sulfide) groups is 1. The Labute approximate surface area is 188 Å². The molecule has 1 heterocycles. The van der Waals surface area contributed by atoms with Gasteiger partial charge in [-0.05, 0) is 48.0 Å². The molecular formula is C21H17ClN4O3S2.